The Kier molecular flexibility index (Phi) is 3.62. The van der Waals surface area contributed by atoms with Crippen molar-refractivity contribution in [1.29, 1.82) is 0 Å². The summed E-state index contributed by atoms with van der Waals surface area (Å²) in [4.78, 5) is 5.02. The Balaban J connectivity index is 1.36. The van der Waals surface area contributed by atoms with Gasteiger partial charge in [0.15, 0.2) is 5.65 Å². The first kappa shape index (κ1) is 16.1. The number of rotatable bonds is 5. The minimum Gasteiger partial charge on any atom is -0.323 e. The van der Waals surface area contributed by atoms with Crippen molar-refractivity contribution >= 4 is 27.9 Å². The van der Waals surface area contributed by atoms with Gasteiger partial charge in [-0.1, -0.05) is 30.3 Å². The van der Waals surface area contributed by atoms with Crippen LogP contribution in [0.4, 0.5) is 0 Å². The van der Waals surface area contributed by atoms with Crippen molar-refractivity contribution in [3.05, 3.63) is 70.1 Å². The number of aromatic nitrogens is 4. The van der Waals surface area contributed by atoms with Crippen LogP contribution in [0.2, 0.25) is 0 Å². The van der Waals surface area contributed by atoms with Gasteiger partial charge in [0, 0.05) is 29.9 Å². The fourth-order valence-electron chi connectivity index (χ4n) is 3.97. The lowest BCUT2D eigenvalue weighted by Gasteiger charge is -2.24. The molecule has 0 atom stereocenters. The molecular formula is C21H20N6S. The quantitative estimate of drug-likeness (QED) is 0.560. The molecule has 0 radical (unpaired) electrons. The first-order chi connectivity index (χ1) is 13.8. The van der Waals surface area contributed by atoms with Gasteiger partial charge in [0.25, 0.3) is 0 Å². The zero-order valence-corrected chi connectivity index (χ0v) is 16.2. The molecule has 6 nitrogen and oxygen atoms in total. The molecule has 4 heterocycles. The van der Waals surface area contributed by atoms with Gasteiger partial charge in [-0.15, -0.1) is 11.3 Å². The normalized spacial score (nSPS) is 16.1. The summed E-state index contributed by atoms with van der Waals surface area (Å²) in [5.74, 6) is 0. The fourth-order valence-corrected chi connectivity index (χ4v) is 5.08. The zero-order chi connectivity index (χ0) is 18.5. The average molecular weight is 389 g/mol. The number of benzene rings is 1. The molecule has 140 valence electrons. The zero-order valence-electron chi connectivity index (χ0n) is 15.4. The van der Waals surface area contributed by atoms with Gasteiger partial charge in [-0.3, -0.25) is 10.1 Å². The largest absolute Gasteiger partial charge is 0.323 e. The van der Waals surface area contributed by atoms with E-state index in [-0.39, 0.29) is 0 Å². The Morgan fingerprint density at radius 1 is 1.14 bits per heavy atom. The number of hydrazone groups is 1. The van der Waals surface area contributed by atoms with Gasteiger partial charge in [-0.25, -0.2) is 4.98 Å². The predicted molar refractivity (Wildman–Crippen MR) is 111 cm³/mol. The highest BCUT2D eigenvalue weighted by molar-refractivity contribution is 7.19. The molecule has 0 spiro atoms. The van der Waals surface area contributed by atoms with Crippen LogP contribution in [0.25, 0.3) is 10.3 Å². The van der Waals surface area contributed by atoms with Crippen LogP contribution in [-0.2, 0) is 19.5 Å². The molecule has 7 heteroatoms. The number of nitrogens with zero attached hydrogens (tertiary/aromatic N) is 5. The van der Waals surface area contributed by atoms with Crippen LogP contribution in [0.1, 0.15) is 46.4 Å². The molecule has 0 bridgehead atoms. The van der Waals surface area contributed by atoms with Crippen molar-refractivity contribution in [3.63, 3.8) is 0 Å². The molecule has 28 heavy (non-hydrogen) atoms. The Morgan fingerprint density at radius 2 is 2.04 bits per heavy atom. The highest BCUT2D eigenvalue weighted by Gasteiger charge is 2.33. The average Bonchev–Trinajstić information content (AvgIpc) is 3.13. The lowest BCUT2D eigenvalue weighted by molar-refractivity contribution is 0.260. The van der Waals surface area contributed by atoms with Gasteiger partial charge < -0.3 is 4.57 Å². The highest BCUT2D eigenvalue weighted by Crippen LogP contribution is 2.43. The monoisotopic (exact) mass is 388 g/mol. The Bertz CT molecular complexity index is 1150. The second-order valence-electron chi connectivity index (χ2n) is 7.53. The van der Waals surface area contributed by atoms with Gasteiger partial charge >= 0.3 is 0 Å². The number of hydrogen-bond donors (Lipinski definition) is 1. The summed E-state index contributed by atoms with van der Waals surface area (Å²) in [6.07, 6.45) is 7.14. The second-order valence-corrected chi connectivity index (χ2v) is 8.62. The topological polar surface area (TPSA) is 62.1 Å². The molecule has 1 aliphatic heterocycles. The van der Waals surface area contributed by atoms with E-state index in [2.05, 4.69) is 50.1 Å². The SMILES string of the molecule is C1=NN(Cc2ccccc2)Cc2c1c1sc(Cc3ccn[nH]3)nc1n2C1CC1. The van der Waals surface area contributed by atoms with Crippen molar-refractivity contribution < 1.29 is 0 Å². The molecule has 4 aromatic rings. The molecule has 1 fully saturated rings. The van der Waals surface area contributed by atoms with E-state index in [0.29, 0.717) is 6.04 Å². The standard InChI is InChI=1S/C21H20N6S/c1-2-4-14(5-3-1)12-26-13-18-17(11-23-26)20-21(27(18)16-6-7-16)24-19(28-20)10-15-8-9-22-25-15/h1-5,8-9,11,16H,6-7,10,12-13H2,(H,22,25). The molecule has 0 unspecified atom stereocenters. The predicted octanol–water partition coefficient (Wildman–Crippen LogP) is 4.10. The van der Waals surface area contributed by atoms with E-state index in [0.717, 1.165) is 35.9 Å². The number of aromatic amines is 1. The van der Waals surface area contributed by atoms with Crippen LogP contribution < -0.4 is 0 Å². The molecule has 3 aromatic heterocycles. The van der Waals surface area contributed by atoms with Gasteiger partial charge in [0.1, 0.15) is 5.01 Å². The molecule has 0 saturated heterocycles. The summed E-state index contributed by atoms with van der Waals surface area (Å²) in [5.41, 5.74) is 6.16. The minimum absolute atomic E-state index is 0.596. The Hall–Kier alpha value is -2.93. The van der Waals surface area contributed by atoms with E-state index in [1.807, 2.05) is 12.3 Å². The van der Waals surface area contributed by atoms with Crippen LogP contribution >= 0.6 is 11.3 Å². The molecule has 6 rings (SSSR count). The van der Waals surface area contributed by atoms with Crippen LogP contribution in [-0.4, -0.2) is 31.0 Å². The molecule has 1 saturated carbocycles. The first-order valence-corrected chi connectivity index (χ1v) is 10.5. The summed E-state index contributed by atoms with van der Waals surface area (Å²) in [6.45, 7) is 1.68. The van der Waals surface area contributed by atoms with Crippen molar-refractivity contribution in [2.75, 3.05) is 0 Å². The maximum Gasteiger partial charge on any atom is 0.152 e. The van der Waals surface area contributed by atoms with Crippen molar-refractivity contribution in [1.82, 2.24) is 24.8 Å². The third kappa shape index (κ3) is 2.74. The van der Waals surface area contributed by atoms with E-state index in [1.165, 1.54) is 34.4 Å². The second kappa shape index (κ2) is 6.31. The molecule has 2 aliphatic rings. The molecule has 1 aromatic carbocycles. The summed E-state index contributed by atoms with van der Waals surface area (Å²) < 4.78 is 3.76. The van der Waals surface area contributed by atoms with E-state index >= 15 is 0 Å². The molecule has 1 N–H and O–H groups in total. The Labute approximate surface area is 166 Å². The summed E-state index contributed by atoms with van der Waals surface area (Å²) in [5, 5.41) is 15.1. The fraction of sp³-hybridized carbons (Fsp3) is 0.286. The number of fused-ring (bicyclic) bond motifs is 3. The smallest absolute Gasteiger partial charge is 0.152 e. The third-order valence-corrected chi connectivity index (χ3v) is 6.51. The third-order valence-electron chi connectivity index (χ3n) is 5.43. The summed E-state index contributed by atoms with van der Waals surface area (Å²) >= 11 is 1.79. The number of hydrogen-bond acceptors (Lipinski definition) is 5. The Morgan fingerprint density at radius 3 is 2.82 bits per heavy atom. The molecular weight excluding hydrogens is 368 g/mol. The van der Waals surface area contributed by atoms with E-state index in [1.54, 1.807) is 17.5 Å². The summed E-state index contributed by atoms with van der Waals surface area (Å²) in [7, 11) is 0. The molecule has 1 aliphatic carbocycles. The number of nitrogens with one attached hydrogen (secondary N) is 1. The van der Waals surface area contributed by atoms with Crippen molar-refractivity contribution in [2.45, 2.75) is 38.4 Å². The maximum absolute atomic E-state index is 5.02. The van der Waals surface area contributed by atoms with E-state index < -0.39 is 0 Å². The van der Waals surface area contributed by atoms with Crippen LogP contribution in [0.3, 0.4) is 0 Å². The van der Waals surface area contributed by atoms with Crippen molar-refractivity contribution in [2.24, 2.45) is 5.10 Å². The molecule has 0 amide bonds. The lowest BCUT2D eigenvalue weighted by atomic mass is 10.2. The van der Waals surface area contributed by atoms with E-state index in [9.17, 15) is 0 Å². The highest BCUT2D eigenvalue weighted by atomic mass is 32.1. The van der Waals surface area contributed by atoms with Crippen LogP contribution in [0, 0.1) is 0 Å². The van der Waals surface area contributed by atoms with Gasteiger partial charge in [0.05, 0.1) is 29.7 Å². The van der Waals surface area contributed by atoms with Crippen LogP contribution in [0.15, 0.2) is 47.7 Å². The van der Waals surface area contributed by atoms with Crippen LogP contribution in [0.5, 0.6) is 0 Å². The first-order valence-electron chi connectivity index (χ1n) is 9.69. The number of H-pyrrole nitrogens is 1. The summed E-state index contributed by atoms with van der Waals surface area (Å²) in [6, 6.07) is 13.2. The van der Waals surface area contributed by atoms with E-state index in [4.69, 9.17) is 10.1 Å². The van der Waals surface area contributed by atoms with Crippen molar-refractivity contribution in [3.8, 4) is 0 Å². The lowest BCUT2D eigenvalue weighted by Crippen LogP contribution is -2.23. The number of thiazole rings is 1. The minimum atomic E-state index is 0.596. The maximum atomic E-state index is 5.02. The van der Waals surface area contributed by atoms with Gasteiger partial charge in [-0.05, 0) is 24.5 Å². The van der Waals surface area contributed by atoms with Gasteiger partial charge in [0.2, 0.25) is 0 Å². The van der Waals surface area contributed by atoms with Gasteiger partial charge in [-0.2, -0.15) is 10.2 Å².